The fourth-order valence-corrected chi connectivity index (χ4v) is 1.48. The molecule has 1 rings (SSSR count). The molecule has 0 aliphatic carbocycles. The van der Waals surface area contributed by atoms with Crippen LogP contribution in [0.1, 0.15) is 30.4 Å². The third kappa shape index (κ3) is 2.34. The predicted octanol–water partition coefficient (Wildman–Crippen LogP) is 2.37. The minimum absolute atomic E-state index is 0.403. The third-order valence-electron chi connectivity index (χ3n) is 2.34. The number of aliphatic hydroxyl groups excluding tert-OH is 1. The van der Waals surface area contributed by atoms with Gasteiger partial charge in [-0.2, -0.15) is 5.26 Å². The molecular formula is C12H15NO. The Balaban J connectivity index is 2.96. The molecule has 2 unspecified atom stereocenters. The number of benzene rings is 1. The van der Waals surface area contributed by atoms with Gasteiger partial charge in [0.25, 0.3) is 0 Å². The molecule has 0 saturated carbocycles. The zero-order chi connectivity index (χ0) is 10.6. The van der Waals surface area contributed by atoms with E-state index in [1.165, 1.54) is 0 Å². The maximum Gasteiger partial charge on any atom is 0.0971 e. The van der Waals surface area contributed by atoms with Crippen molar-refractivity contribution in [2.45, 2.75) is 32.3 Å². The average molecular weight is 189 g/mol. The van der Waals surface area contributed by atoms with Crippen LogP contribution in [-0.4, -0.2) is 11.2 Å². The Labute approximate surface area is 84.8 Å². The van der Waals surface area contributed by atoms with Crippen LogP contribution in [0.2, 0.25) is 0 Å². The highest BCUT2D eigenvalue weighted by Gasteiger charge is 2.18. The Morgan fingerprint density at radius 1 is 1.50 bits per heavy atom. The molecule has 0 aromatic heterocycles. The molecule has 0 saturated heterocycles. The summed E-state index contributed by atoms with van der Waals surface area (Å²) in [5, 5.41) is 18.6. The second kappa shape index (κ2) is 4.78. The van der Waals surface area contributed by atoms with Gasteiger partial charge in [0.15, 0.2) is 0 Å². The van der Waals surface area contributed by atoms with E-state index in [2.05, 4.69) is 6.07 Å². The van der Waals surface area contributed by atoms with E-state index in [9.17, 15) is 5.11 Å². The standard InChI is InChI=1S/C12H15NO/c1-3-12(14)11(8-13)10-6-4-5-9(2)7-10/h4-7,11-12,14H,3H2,1-2H3. The third-order valence-corrected chi connectivity index (χ3v) is 2.34. The number of rotatable bonds is 3. The molecule has 0 bridgehead atoms. The molecule has 1 N–H and O–H groups in total. The zero-order valence-corrected chi connectivity index (χ0v) is 8.57. The van der Waals surface area contributed by atoms with Gasteiger partial charge in [-0.05, 0) is 18.9 Å². The molecule has 0 amide bonds. The molecule has 14 heavy (non-hydrogen) atoms. The SMILES string of the molecule is CCC(O)C(C#N)c1cccc(C)c1. The van der Waals surface area contributed by atoms with Crippen LogP contribution in [-0.2, 0) is 0 Å². The van der Waals surface area contributed by atoms with Crippen molar-refractivity contribution in [3.63, 3.8) is 0 Å². The van der Waals surface area contributed by atoms with Crippen molar-refractivity contribution in [2.75, 3.05) is 0 Å². The first kappa shape index (κ1) is 10.7. The highest BCUT2D eigenvalue weighted by molar-refractivity contribution is 5.30. The van der Waals surface area contributed by atoms with Crippen molar-refractivity contribution in [2.24, 2.45) is 0 Å². The molecule has 2 heteroatoms. The van der Waals surface area contributed by atoms with Gasteiger partial charge in [-0.3, -0.25) is 0 Å². The Hall–Kier alpha value is -1.33. The van der Waals surface area contributed by atoms with Crippen LogP contribution in [0.25, 0.3) is 0 Å². The van der Waals surface area contributed by atoms with Gasteiger partial charge in [0, 0.05) is 0 Å². The number of hydrogen-bond donors (Lipinski definition) is 1. The predicted molar refractivity (Wildman–Crippen MR) is 55.8 cm³/mol. The van der Waals surface area contributed by atoms with Gasteiger partial charge in [-0.15, -0.1) is 0 Å². The second-order valence-corrected chi connectivity index (χ2v) is 3.50. The lowest BCUT2D eigenvalue weighted by Crippen LogP contribution is -2.15. The molecule has 0 heterocycles. The lowest BCUT2D eigenvalue weighted by molar-refractivity contribution is 0.157. The van der Waals surface area contributed by atoms with E-state index in [-0.39, 0.29) is 0 Å². The van der Waals surface area contributed by atoms with Crippen molar-refractivity contribution in [1.82, 2.24) is 0 Å². The van der Waals surface area contributed by atoms with E-state index in [0.717, 1.165) is 11.1 Å². The number of nitrogens with zero attached hydrogens (tertiary/aromatic N) is 1. The lowest BCUT2D eigenvalue weighted by Gasteiger charge is -2.15. The highest BCUT2D eigenvalue weighted by Crippen LogP contribution is 2.21. The molecule has 1 aromatic carbocycles. The van der Waals surface area contributed by atoms with Crippen molar-refractivity contribution in [1.29, 1.82) is 5.26 Å². The fraction of sp³-hybridized carbons (Fsp3) is 0.417. The highest BCUT2D eigenvalue weighted by atomic mass is 16.3. The van der Waals surface area contributed by atoms with E-state index in [1.807, 2.05) is 38.1 Å². The van der Waals surface area contributed by atoms with Crippen molar-refractivity contribution >= 4 is 0 Å². The first-order chi connectivity index (χ1) is 6.69. The Morgan fingerprint density at radius 2 is 2.21 bits per heavy atom. The summed E-state index contributed by atoms with van der Waals surface area (Å²) < 4.78 is 0. The van der Waals surface area contributed by atoms with E-state index >= 15 is 0 Å². The van der Waals surface area contributed by atoms with Crippen LogP contribution in [0, 0.1) is 18.3 Å². The van der Waals surface area contributed by atoms with Crippen LogP contribution in [0.15, 0.2) is 24.3 Å². The summed E-state index contributed by atoms with van der Waals surface area (Å²) in [6, 6.07) is 9.88. The van der Waals surface area contributed by atoms with Crippen LogP contribution < -0.4 is 0 Å². The maximum absolute atomic E-state index is 9.64. The van der Waals surface area contributed by atoms with Crippen LogP contribution in [0.3, 0.4) is 0 Å². The summed E-state index contributed by atoms with van der Waals surface area (Å²) in [7, 11) is 0. The first-order valence-electron chi connectivity index (χ1n) is 4.83. The topological polar surface area (TPSA) is 44.0 Å². The molecule has 0 aliphatic rings. The Bertz CT molecular complexity index is 340. The summed E-state index contributed by atoms with van der Waals surface area (Å²) in [6.45, 7) is 3.86. The summed E-state index contributed by atoms with van der Waals surface area (Å²) in [6.07, 6.45) is 0.0356. The second-order valence-electron chi connectivity index (χ2n) is 3.50. The van der Waals surface area contributed by atoms with E-state index < -0.39 is 12.0 Å². The largest absolute Gasteiger partial charge is 0.391 e. The number of aryl methyl sites for hydroxylation is 1. The summed E-state index contributed by atoms with van der Waals surface area (Å²) >= 11 is 0. The van der Waals surface area contributed by atoms with Gasteiger partial charge < -0.3 is 5.11 Å². The van der Waals surface area contributed by atoms with Gasteiger partial charge in [-0.1, -0.05) is 36.8 Å². The molecule has 2 atom stereocenters. The van der Waals surface area contributed by atoms with Crippen molar-refractivity contribution in [3.8, 4) is 6.07 Å². The Kier molecular flexibility index (Phi) is 3.67. The molecule has 0 spiro atoms. The Morgan fingerprint density at radius 3 is 2.71 bits per heavy atom. The van der Waals surface area contributed by atoms with Gasteiger partial charge in [0.2, 0.25) is 0 Å². The summed E-state index contributed by atoms with van der Waals surface area (Å²) in [5.41, 5.74) is 2.02. The maximum atomic E-state index is 9.64. The monoisotopic (exact) mass is 189 g/mol. The van der Waals surface area contributed by atoms with Crippen molar-refractivity contribution < 1.29 is 5.11 Å². The minimum Gasteiger partial charge on any atom is -0.391 e. The van der Waals surface area contributed by atoms with Crippen LogP contribution >= 0.6 is 0 Å². The molecule has 2 nitrogen and oxygen atoms in total. The minimum atomic E-state index is -0.568. The average Bonchev–Trinajstić information content (AvgIpc) is 2.19. The van der Waals surface area contributed by atoms with Crippen LogP contribution in [0.4, 0.5) is 0 Å². The lowest BCUT2D eigenvalue weighted by atomic mass is 9.92. The molecule has 0 radical (unpaired) electrons. The van der Waals surface area contributed by atoms with Gasteiger partial charge in [0.05, 0.1) is 18.1 Å². The van der Waals surface area contributed by atoms with E-state index in [0.29, 0.717) is 6.42 Å². The smallest absolute Gasteiger partial charge is 0.0971 e. The number of nitriles is 1. The number of aliphatic hydroxyl groups is 1. The fourth-order valence-electron chi connectivity index (χ4n) is 1.48. The zero-order valence-electron chi connectivity index (χ0n) is 8.57. The normalized spacial score (nSPS) is 14.4. The number of hydrogen-bond acceptors (Lipinski definition) is 2. The van der Waals surface area contributed by atoms with E-state index in [1.54, 1.807) is 0 Å². The first-order valence-corrected chi connectivity index (χ1v) is 4.83. The molecule has 0 fully saturated rings. The molecule has 1 aromatic rings. The van der Waals surface area contributed by atoms with Crippen LogP contribution in [0.5, 0.6) is 0 Å². The van der Waals surface area contributed by atoms with E-state index in [4.69, 9.17) is 5.26 Å². The molecule has 0 aliphatic heterocycles. The summed E-state index contributed by atoms with van der Waals surface area (Å²) in [5.74, 6) is -0.403. The van der Waals surface area contributed by atoms with Crippen molar-refractivity contribution in [3.05, 3.63) is 35.4 Å². The van der Waals surface area contributed by atoms with Gasteiger partial charge in [-0.25, -0.2) is 0 Å². The molecule has 74 valence electrons. The quantitative estimate of drug-likeness (QED) is 0.793. The summed E-state index contributed by atoms with van der Waals surface area (Å²) in [4.78, 5) is 0. The van der Waals surface area contributed by atoms with Gasteiger partial charge >= 0.3 is 0 Å². The molecular weight excluding hydrogens is 174 g/mol. The van der Waals surface area contributed by atoms with Gasteiger partial charge in [0.1, 0.15) is 0 Å².